The van der Waals surface area contributed by atoms with E-state index in [-0.39, 0.29) is 11.0 Å². The van der Waals surface area contributed by atoms with E-state index in [1.54, 1.807) is 30.7 Å². The van der Waals surface area contributed by atoms with Gasteiger partial charge < -0.3 is 8.83 Å². The second kappa shape index (κ2) is 7.09. The molecule has 138 valence electrons. The van der Waals surface area contributed by atoms with Crippen LogP contribution >= 0.6 is 11.8 Å². The first-order valence-corrected chi connectivity index (χ1v) is 9.79. The van der Waals surface area contributed by atoms with Crippen molar-refractivity contribution in [1.82, 2.24) is 15.2 Å². The van der Waals surface area contributed by atoms with Gasteiger partial charge in [0.1, 0.15) is 5.69 Å². The summed E-state index contributed by atoms with van der Waals surface area (Å²) in [4.78, 5) is 17.5. The van der Waals surface area contributed by atoms with E-state index < -0.39 is 0 Å². The summed E-state index contributed by atoms with van der Waals surface area (Å²) in [6.07, 6.45) is 4.77. The van der Waals surface area contributed by atoms with Crippen molar-refractivity contribution in [2.75, 3.05) is 0 Å². The molecule has 0 radical (unpaired) electrons. The molecule has 3 heterocycles. The van der Waals surface area contributed by atoms with Gasteiger partial charge >= 0.3 is 0 Å². The van der Waals surface area contributed by atoms with Gasteiger partial charge in [0.05, 0.1) is 17.8 Å². The highest BCUT2D eigenvalue weighted by Crippen LogP contribution is 2.34. The molecule has 0 spiro atoms. The second-order valence-electron chi connectivity index (χ2n) is 6.41. The number of benzene rings is 1. The summed E-state index contributed by atoms with van der Waals surface area (Å²) in [5.74, 6) is 1.25. The highest BCUT2D eigenvalue weighted by Gasteiger charge is 2.29. The van der Waals surface area contributed by atoms with Gasteiger partial charge in [-0.3, -0.25) is 4.79 Å². The summed E-state index contributed by atoms with van der Waals surface area (Å²) in [5, 5.41) is 8.77. The Morgan fingerprint density at radius 3 is 2.39 bits per heavy atom. The molecule has 1 aliphatic rings. The zero-order chi connectivity index (χ0) is 18.9. The van der Waals surface area contributed by atoms with E-state index in [2.05, 4.69) is 15.2 Å². The van der Waals surface area contributed by atoms with Crippen LogP contribution in [0.3, 0.4) is 0 Å². The number of thioether (sulfide) groups is 1. The molecule has 0 aliphatic heterocycles. The van der Waals surface area contributed by atoms with Crippen LogP contribution in [-0.4, -0.2) is 26.2 Å². The number of aromatic nitrogens is 3. The van der Waals surface area contributed by atoms with Crippen molar-refractivity contribution in [2.24, 2.45) is 0 Å². The number of hydrogen-bond donors (Lipinski definition) is 0. The van der Waals surface area contributed by atoms with Crippen LogP contribution in [0.4, 0.5) is 0 Å². The standard InChI is InChI=1S/C21H15N3O3S/c25-20-14-6-2-1-5-13(14)9-10-17(20)28-21-22-18(15-7-3-11-26-15)19(23-24-21)16-8-4-12-27-16/h1-8,11-12,17H,9-10H2. The van der Waals surface area contributed by atoms with E-state index in [4.69, 9.17) is 8.83 Å². The van der Waals surface area contributed by atoms with E-state index in [1.165, 1.54) is 11.8 Å². The molecule has 1 unspecified atom stereocenters. The molecule has 0 fully saturated rings. The second-order valence-corrected chi connectivity index (χ2v) is 7.58. The third-order valence-electron chi connectivity index (χ3n) is 4.68. The molecule has 1 aromatic carbocycles. The van der Waals surface area contributed by atoms with E-state index in [1.807, 2.05) is 30.3 Å². The maximum absolute atomic E-state index is 12.9. The van der Waals surface area contributed by atoms with Crippen LogP contribution < -0.4 is 0 Å². The Bertz CT molecular complexity index is 1120. The molecular weight excluding hydrogens is 374 g/mol. The fourth-order valence-corrected chi connectivity index (χ4v) is 4.29. The van der Waals surface area contributed by atoms with Gasteiger partial charge in [-0.25, -0.2) is 4.98 Å². The molecule has 7 heteroatoms. The quantitative estimate of drug-likeness (QED) is 0.501. The summed E-state index contributed by atoms with van der Waals surface area (Å²) < 4.78 is 11.0. The molecule has 6 nitrogen and oxygen atoms in total. The van der Waals surface area contributed by atoms with Gasteiger partial charge in [0.15, 0.2) is 23.0 Å². The lowest BCUT2D eigenvalue weighted by molar-refractivity contribution is 0.0979. The number of Topliss-reactive ketones (excluding diaryl/α,β-unsaturated/α-hetero) is 1. The lowest BCUT2D eigenvalue weighted by Gasteiger charge is -2.22. The molecule has 0 saturated carbocycles. The van der Waals surface area contributed by atoms with Gasteiger partial charge in [0, 0.05) is 5.56 Å². The molecular formula is C21H15N3O3S. The number of aryl methyl sites for hydroxylation is 1. The topological polar surface area (TPSA) is 82.0 Å². The first kappa shape index (κ1) is 16.9. The first-order valence-electron chi connectivity index (χ1n) is 8.91. The van der Waals surface area contributed by atoms with Gasteiger partial charge in [-0.1, -0.05) is 36.0 Å². The van der Waals surface area contributed by atoms with Crippen LogP contribution in [0.1, 0.15) is 22.3 Å². The number of carbonyl (C=O) groups excluding carboxylic acids is 1. The maximum Gasteiger partial charge on any atom is 0.210 e. The van der Waals surface area contributed by atoms with Gasteiger partial charge in [0.2, 0.25) is 5.16 Å². The zero-order valence-corrected chi connectivity index (χ0v) is 15.6. The summed E-state index contributed by atoms with van der Waals surface area (Å²) in [6, 6.07) is 14.9. The lowest BCUT2D eigenvalue weighted by atomic mass is 9.90. The molecule has 28 heavy (non-hydrogen) atoms. The van der Waals surface area contributed by atoms with Crippen molar-refractivity contribution >= 4 is 17.5 Å². The number of ketones is 1. The summed E-state index contributed by atoms with van der Waals surface area (Å²) in [5.41, 5.74) is 2.94. The van der Waals surface area contributed by atoms with E-state index in [0.717, 1.165) is 24.0 Å². The molecule has 0 saturated heterocycles. The van der Waals surface area contributed by atoms with Crippen LogP contribution in [-0.2, 0) is 6.42 Å². The van der Waals surface area contributed by atoms with E-state index >= 15 is 0 Å². The summed E-state index contributed by atoms with van der Waals surface area (Å²) >= 11 is 1.35. The predicted octanol–water partition coefficient (Wildman–Crippen LogP) is 4.68. The Morgan fingerprint density at radius 2 is 1.64 bits per heavy atom. The third kappa shape index (κ3) is 3.03. The third-order valence-corrected chi connectivity index (χ3v) is 5.79. The summed E-state index contributed by atoms with van der Waals surface area (Å²) in [6.45, 7) is 0. The smallest absolute Gasteiger partial charge is 0.210 e. The van der Waals surface area contributed by atoms with E-state index in [9.17, 15) is 4.79 Å². The highest BCUT2D eigenvalue weighted by molar-refractivity contribution is 8.00. The van der Waals surface area contributed by atoms with Crippen LogP contribution in [0.15, 0.2) is 75.0 Å². The fraction of sp³-hybridized carbons (Fsp3) is 0.143. The summed E-state index contributed by atoms with van der Waals surface area (Å²) in [7, 11) is 0. The van der Waals surface area contributed by atoms with Crippen molar-refractivity contribution < 1.29 is 13.6 Å². The molecule has 1 aliphatic carbocycles. The van der Waals surface area contributed by atoms with Crippen LogP contribution in [0.2, 0.25) is 0 Å². The number of nitrogens with zero attached hydrogens (tertiary/aromatic N) is 3. The van der Waals surface area contributed by atoms with Gasteiger partial charge in [-0.05, 0) is 42.7 Å². The number of carbonyl (C=O) groups is 1. The highest BCUT2D eigenvalue weighted by atomic mass is 32.2. The average Bonchev–Trinajstić information content (AvgIpc) is 3.44. The Balaban J connectivity index is 1.48. The normalized spacial score (nSPS) is 16.1. The number of rotatable bonds is 4. The van der Waals surface area contributed by atoms with Crippen LogP contribution in [0.5, 0.6) is 0 Å². The minimum absolute atomic E-state index is 0.116. The number of furan rings is 2. The fourth-order valence-electron chi connectivity index (χ4n) is 3.33. The van der Waals surface area contributed by atoms with Crippen molar-refractivity contribution in [1.29, 1.82) is 0 Å². The molecule has 0 N–H and O–H groups in total. The van der Waals surface area contributed by atoms with Gasteiger partial charge in [-0.2, -0.15) is 0 Å². The molecule has 4 aromatic rings. The SMILES string of the molecule is O=C1c2ccccc2CCC1Sc1nnc(-c2ccco2)c(-c2ccco2)n1. The van der Waals surface area contributed by atoms with E-state index in [0.29, 0.717) is 28.1 Å². The molecule has 0 bridgehead atoms. The zero-order valence-electron chi connectivity index (χ0n) is 14.7. The molecule has 0 amide bonds. The van der Waals surface area contributed by atoms with Gasteiger partial charge in [0.25, 0.3) is 0 Å². The van der Waals surface area contributed by atoms with Crippen LogP contribution in [0, 0.1) is 0 Å². The van der Waals surface area contributed by atoms with Crippen molar-refractivity contribution in [3.63, 3.8) is 0 Å². The molecule has 5 rings (SSSR count). The lowest BCUT2D eigenvalue weighted by Crippen LogP contribution is -2.25. The Labute approximate surface area is 165 Å². The van der Waals surface area contributed by atoms with Gasteiger partial charge in [-0.15, -0.1) is 10.2 Å². The number of fused-ring (bicyclic) bond motifs is 1. The maximum atomic E-state index is 12.9. The Morgan fingerprint density at radius 1 is 0.893 bits per heavy atom. The van der Waals surface area contributed by atoms with Crippen molar-refractivity contribution in [3.8, 4) is 22.9 Å². The predicted molar refractivity (Wildman–Crippen MR) is 104 cm³/mol. The Hall–Kier alpha value is -3.19. The monoisotopic (exact) mass is 389 g/mol. The minimum atomic E-state index is -0.226. The van der Waals surface area contributed by atoms with Crippen LogP contribution in [0.25, 0.3) is 22.9 Å². The van der Waals surface area contributed by atoms with Crippen molar-refractivity contribution in [3.05, 3.63) is 72.2 Å². The average molecular weight is 389 g/mol. The molecule has 3 aromatic heterocycles. The Kier molecular flexibility index (Phi) is 4.29. The largest absolute Gasteiger partial charge is 0.463 e. The van der Waals surface area contributed by atoms with Crippen molar-refractivity contribution in [2.45, 2.75) is 23.2 Å². The minimum Gasteiger partial charge on any atom is -0.463 e. The number of hydrogen-bond acceptors (Lipinski definition) is 7. The molecule has 1 atom stereocenters. The first-order chi connectivity index (χ1) is 13.8.